The summed E-state index contributed by atoms with van der Waals surface area (Å²) < 4.78 is 11.0. The molecular weight excluding hydrogens is 292 g/mol. The molecule has 1 amide bonds. The van der Waals surface area contributed by atoms with Gasteiger partial charge in [-0.2, -0.15) is 0 Å². The Kier molecular flexibility index (Phi) is 3.87. The third-order valence-corrected chi connectivity index (χ3v) is 4.43. The Morgan fingerprint density at radius 1 is 1.30 bits per heavy atom. The van der Waals surface area contributed by atoms with Gasteiger partial charge in [0.15, 0.2) is 5.58 Å². The summed E-state index contributed by atoms with van der Waals surface area (Å²) in [6.07, 6.45) is 6.51. The number of hydrogen-bond acceptors (Lipinski definition) is 4. The predicted octanol–water partition coefficient (Wildman–Crippen LogP) is 2.87. The van der Waals surface area contributed by atoms with E-state index >= 15 is 0 Å². The van der Waals surface area contributed by atoms with E-state index in [2.05, 4.69) is 4.98 Å². The van der Waals surface area contributed by atoms with Crippen molar-refractivity contribution in [2.45, 2.75) is 25.3 Å². The molecule has 0 spiro atoms. The number of nitrogens with zero attached hydrogens (tertiary/aromatic N) is 2. The third kappa shape index (κ3) is 3.29. The largest absolute Gasteiger partial charge is 0.437 e. The number of carbonyl (C=O) groups excluding carboxylic acids is 1. The Hall–Kier alpha value is -2.14. The minimum absolute atomic E-state index is 0.0432. The molecule has 1 saturated carbocycles. The molecule has 1 aliphatic carbocycles. The van der Waals surface area contributed by atoms with E-state index in [0.29, 0.717) is 17.9 Å². The zero-order chi connectivity index (χ0) is 15.6. The maximum Gasteiger partial charge on any atom is 0.247 e. The van der Waals surface area contributed by atoms with Crippen molar-refractivity contribution < 1.29 is 13.9 Å². The second kappa shape index (κ2) is 6.16. The van der Waals surface area contributed by atoms with Crippen molar-refractivity contribution >= 4 is 23.1 Å². The summed E-state index contributed by atoms with van der Waals surface area (Å²) in [6, 6.07) is 8.00. The molecule has 0 bridgehead atoms. The van der Waals surface area contributed by atoms with Crippen molar-refractivity contribution in [1.29, 1.82) is 0 Å². The summed E-state index contributed by atoms with van der Waals surface area (Å²) in [7, 11) is 0. The van der Waals surface area contributed by atoms with Crippen LogP contribution in [0.25, 0.3) is 17.2 Å². The number of carbonyl (C=O) groups is 1. The van der Waals surface area contributed by atoms with Gasteiger partial charge in [-0.1, -0.05) is 12.1 Å². The summed E-state index contributed by atoms with van der Waals surface area (Å²) >= 11 is 0. The van der Waals surface area contributed by atoms with E-state index in [1.54, 1.807) is 12.2 Å². The summed E-state index contributed by atoms with van der Waals surface area (Å²) in [5.74, 6) is 0.985. The van der Waals surface area contributed by atoms with Gasteiger partial charge >= 0.3 is 0 Å². The molecule has 1 aliphatic heterocycles. The number of amides is 1. The maximum absolute atomic E-state index is 12.5. The normalized spacial score (nSPS) is 21.3. The maximum atomic E-state index is 12.5. The van der Waals surface area contributed by atoms with Crippen molar-refractivity contribution in [3.05, 3.63) is 36.2 Å². The van der Waals surface area contributed by atoms with E-state index in [4.69, 9.17) is 9.15 Å². The third-order valence-electron chi connectivity index (χ3n) is 4.43. The van der Waals surface area contributed by atoms with Gasteiger partial charge in [0.1, 0.15) is 5.52 Å². The van der Waals surface area contributed by atoms with Gasteiger partial charge in [0.05, 0.1) is 6.61 Å². The average Bonchev–Trinajstić information content (AvgIpc) is 3.11. The highest BCUT2D eigenvalue weighted by molar-refractivity contribution is 5.92. The highest BCUT2D eigenvalue weighted by atomic mass is 16.5. The lowest BCUT2D eigenvalue weighted by Crippen LogP contribution is -2.36. The number of rotatable bonds is 5. The predicted molar refractivity (Wildman–Crippen MR) is 86.7 cm³/mol. The molecule has 120 valence electrons. The molecule has 1 aromatic heterocycles. The Labute approximate surface area is 134 Å². The highest BCUT2D eigenvalue weighted by Crippen LogP contribution is 2.29. The Balaban J connectivity index is 1.45. The quantitative estimate of drug-likeness (QED) is 0.797. The molecule has 0 N–H and O–H groups in total. The minimum atomic E-state index is 0.0432. The van der Waals surface area contributed by atoms with Gasteiger partial charge in [-0.25, -0.2) is 4.98 Å². The number of ether oxygens (including phenoxy) is 1. The number of benzene rings is 1. The van der Waals surface area contributed by atoms with Crippen LogP contribution in [0.1, 0.15) is 25.2 Å². The first-order valence-electron chi connectivity index (χ1n) is 8.21. The molecule has 1 aromatic carbocycles. The fraction of sp³-hybridized carbons (Fsp3) is 0.444. The van der Waals surface area contributed by atoms with E-state index < -0.39 is 0 Å². The molecule has 2 aromatic rings. The number of aromatic nitrogens is 1. The molecule has 5 heteroatoms. The fourth-order valence-electron chi connectivity index (χ4n) is 3.01. The van der Waals surface area contributed by atoms with Crippen molar-refractivity contribution in [2.75, 3.05) is 19.8 Å². The average molecular weight is 312 g/mol. The molecular formula is C18H20N2O3. The minimum Gasteiger partial charge on any atom is -0.437 e. The molecule has 0 radical (unpaired) electrons. The fourth-order valence-corrected chi connectivity index (χ4v) is 3.01. The van der Waals surface area contributed by atoms with E-state index in [1.807, 2.05) is 29.2 Å². The standard InChI is InChI=1S/C18H20N2O3/c21-18(20(14-5-6-14)11-13-9-10-22-12-13)8-7-17-19-15-3-1-2-4-16(15)23-17/h1-4,7-8,13-14H,5-6,9-12H2. The van der Waals surface area contributed by atoms with Crippen LogP contribution < -0.4 is 0 Å². The summed E-state index contributed by atoms with van der Waals surface area (Å²) in [6.45, 7) is 2.38. The smallest absolute Gasteiger partial charge is 0.247 e. The van der Waals surface area contributed by atoms with Crippen LogP contribution in [0.5, 0.6) is 0 Å². The lowest BCUT2D eigenvalue weighted by Gasteiger charge is -2.23. The first-order chi connectivity index (χ1) is 11.3. The molecule has 2 aliphatic rings. The number of fused-ring (bicyclic) bond motifs is 1. The van der Waals surface area contributed by atoms with Crippen molar-refractivity contribution in [2.24, 2.45) is 5.92 Å². The lowest BCUT2D eigenvalue weighted by molar-refractivity contribution is -0.127. The monoisotopic (exact) mass is 312 g/mol. The van der Waals surface area contributed by atoms with Gasteiger partial charge in [0.25, 0.3) is 0 Å². The Morgan fingerprint density at radius 3 is 2.91 bits per heavy atom. The van der Waals surface area contributed by atoms with Gasteiger partial charge in [-0.05, 0) is 31.4 Å². The summed E-state index contributed by atoms with van der Waals surface area (Å²) in [4.78, 5) is 18.9. The SMILES string of the molecule is O=C(C=Cc1nc2ccccc2o1)N(CC1CCOC1)C1CC1. The van der Waals surface area contributed by atoms with Gasteiger partial charge in [-0.3, -0.25) is 4.79 Å². The Morgan fingerprint density at radius 2 is 2.17 bits per heavy atom. The van der Waals surface area contributed by atoms with Crippen LogP contribution in [0.4, 0.5) is 0 Å². The van der Waals surface area contributed by atoms with Crippen LogP contribution in [-0.2, 0) is 9.53 Å². The lowest BCUT2D eigenvalue weighted by atomic mass is 10.1. The first-order valence-corrected chi connectivity index (χ1v) is 8.21. The molecule has 4 rings (SSSR count). The molecule has 5 nitrogen and oxygen atoms in total. The summed E-state index contributed by atoms with van der Waals surface area (Å²) in [5.41, 5.74) is 1.54. The van der Waals surface area contributed by atoms with Crippen LogP contribution in [0.2, 0.25) is 0 Å². The van der Waals surface area contributed by atoms with Crippen molar-refractivity contribution in [1.82, 2.24) is 9.88 Å². The molecule has 1 saturated heterocycles. The van der Waals surface area contributed by atoms with Crippen LogP contribution in [0, 0.1) is 5.92 Å². The van der Waals surface area contributed by atoms with Crippen LogP contribution >= 0.6 is 0 Å². The molecule has 2 heterocycles. The van der Waals surface area contributed by atoms with E-state index in [0.717, 1.165) is 50.1 Å². The van der Waals surface area contributed by atoms with Crippen molar-refractivity contribution in [3.63, 3.8) is 0 Å². The van der Waals surface area contributed by atoms with Gasteiger partial charge in [-0.15, -0.1) is 0 Å². The number of oxazole rings is 1. The second-order valence-electron chi connectivity index (χ2n) is 6.30. The molecule has 23 heavy (non-hydrogen) atoms. The summed E-state index contributed by atoms with van der Waals surface area (Å²) in [5, 5.41) is 0. The molecule has 1 atom stereocenters. The van der Waals surface area contributed by atoms with Gasteiger partial charge < -0.3 is 14.1 Å². The molecule has 2 fully saturated rings. The Bertz CT molecular complexity index is 694. The zero-order valence-corrected chi connectivity index (χ0v) is 13.0. The molecule has 1 unspecified atom stereocenters. The van der Waals surface area contributed by atoms with E-state index in [9.17, 15) is 4.79 Å². The van der Waals surface area contributed by atoms with Gasteiger partial charge in [0, 0.05) is 37.3 Å². The topological polar surface area (TPSA) is 55.6 Å². The van der Waals surface area contributed by atoms with Gasteiger partial charge in [0.2, 0.25) is 11.8 Å². The zero-order valence-electron chi connectivity index (χ0n) is 13.0. The van der Waals surface area contributed by atoms with Crippen LogP contribution in [0.15, 0.2) is 34.8 Å². The van der Waals surface area contributed by atoms with Crippen LogP contribution in [-0.4, -0.2) is 41.6 Å². The number of para-hydroxylation sites is 2. The van der Waals surface area contributed by atoms with E-state index in [1.165, 1.54) is 0 Å². The van der Waals surface area contributed by atoms with Crippen molar-refractivity contribution in [3.8, 4) is 0 Å². The first kappa shape index (κ1) is 14.5. The highest BCUT2D eigenvalue weighted by Gasteiger charge is 2.33. The second-order valence-corrected chi connectivity index (χ2v) is 6.30. The van der Waals surface area contributed by atoms with E-state index in [-0.39, 0.29) is 5.91 Å². The number of hydrogen-bond donors (Lipinski definition) is 0. The van der Waals surface area contributed by atoms with Crippen LogP contribution in [0.3, 0.4) is 0 Å².